The lowest BCUT2D eigenvalue weighted by Gasteiger charge is -2.26. The predicted molar refractivity (Wildman–Crippen MR) is 132 cm³/mol. The second-order valence-electron chi connectivity index (χ2n) is 7.86. The first-order valence-corrected chi connectivity index (χ1v) is 13.5. The van der Waals surface area contributed by atoms with Crippen LogP contribution in [0.25, 0.3) is 0 Å². The number of amides is 2. The fourth-order valence-electron chi connectivity index (χ4n) is 3.73. The van der Waals surface area contributed by atoms with Crippen molar-refractivity contribution < 1.29 is 18.0 Å². The molecule has 2 amide bonds. The Labute approximate surface area is 219 Å². The number of nitrogens with one attached hydrogen (secondary N) is 2. The van der Waals surface area contributed by atoms with Gasteiger partial charge in [-0.2, -0.15) is 0 Å². The standard InChI is InChI=1S/C20H14Cl6N2O4S/c21-12-2-1-9(5-11(12)18(29)28-10-6-33(31,32)7-10)27-19(30)16-15(20(16,25)26)8-3-13(22)17(24)14(23)4-8/h1-5,10,15-16H,6-7H2,(H,27,30)(H,28,29)/t15-,16+/m1/s1. The van der Waals surface area contributed by atoms with Gasteiger partial charge in [-0.15, -0.1) is 23.2 Å². The molecule has 6 nitrogen and oxygen atoms in total. The topological polar surface area (TPSA) is 92.3 Å². The third kappa shape index (κ3) is 5.06. The van der Waals surface area contributed by atoms with E-state index in [1.165, 1.54) is 18.2 Å². The summed E-state index contributed by atoms with van der Waals surface area (Å²) >= 11 is 37.0. The molecule has 0 aromatic heterocycles. The molecule has 2 fully saturated rings. The number of anilines is 1. The summed E-state index contributed by atoms with van der Waals surface area (Å²) in [4.78, 5) is 25.4. The van der Waals surface area contributed by atoms with E-state index in [1.807, 2.05) is 0 Å². The van der Waals surface area contributed by atoms with Crippen LogP contribution >= 0.6 is 69.6 Å². The van der Waals surface area contributed by atoms with Crippen LogP contribution in [0.3, 0.4) is 0 Å². The minimum atomic E-state index is -3.10. The van der Waals surface area contributed by atoms with E-state index in [2.05, 4.69) is 10.6 Å². The Bertz CT molecular complexity index is 1250. The van der Waals surface area contributed by atoms with Gasteiger partial charge < -0.3 is 10.6 Å². The zero-order chi connectivity index (χ0) is 24.3. The summed E-state index contributed by atoms with van der Waals surface area (Å²) in [6.45, 7) is 0. The van der Waals surface area contributed by atoms with Crippen molar-refractivity contribution in [1.29, 1.82) is 0 Å². The molecule has 176 valence electrons. The van der Waals surface area contributed by atoms with Gasteiger partial charge in [0.1, 0.15) is 4.33 Å². The smallest absolute Gasteiger partial charge is 0.253 e. The first kappa shape index (κ1) is 25.2. The average Bonchev–Trinajstić information content (AvgIpc) is 3.27. The molecule has 13 heteroatoms. The lowest BCUT2D eigenvalue weighted by atomic mass is 10.1. The maximum atomic E-state index is 12.9. The van der Waals surface area contributed by atoms with Crippen LogP contribution in [0.5, 0.6) is 0 Å². The number of hydrogen-bond donors (Lipinski definition) is 2. The minimum absolute atomic E-state index is 0.0883. The average molecular weight is 591 g/mol. The van der Waals surface area contributed by atoms with Crippen molar-refractivity contribution in [2.24, 2.45) is 5.92 Å². The van der Waals surface area contributed by atoms with E-state index in [0.29, 0.717) is 5.56 Å². The molecule has 0 bridgehead atoms. The number of hydrogen-bond acceptors (Lipinski definition) is 4. The van der Waals surface area contributed by atoms with E-state index in [9.17, 15) is 18.0 Å². The summed E-state index contributed by atoms with van der Waals surface area (Å²) in [6, 6.07) is 6.98. The second-order valence-corrected chi connectivity index (χ2v) is 13.1. The van der Waals surface area contributed by atoms with Gasteiger partial charge in [-0.1, -0.05) is 46.4 Å². The molecule has 2 N–H and O–H groups in total. The van der Waals surface area contributed by atoms with E-state index in [4.69, 9.17) is 69.6 Å². The van der Waals surface area contributed by atoms with Gasteiger partial charge in [0.15, 0.2) is 9.84 Å². The Balaban J connectivity index is 1.48. The molecule has 4 rings (SSSR count). The van der Waals surface area contributed by atoms with Crippen LogP contribution in [0.15, 0.2) is 30.3 Å². The van der Waals surface area contributed by atoms with Crippen LogP contribution in [0.2, 0.25) is 20.1 Å². The number of carbonyl (C=O) groups is 2. The maximum Gasteiger partial charge on any atom is 0.253 e. The van der Waals surface area contributed by atoms with Crippen LogP contribution in [0.1, 0.15) is 21.8 Å². The summed E-state index contributed by atoms with van der Waals surface area (Å²) < 4.78 is 21.2. The van der Waals surface area contributed by atoms with Crippen molar-refractivity contribution in [3.8, 4) is 0 Å². The maximum absolute atomic E-state index is 12.9. The van der Waals surface area contributed by atoms with E-state index in [0.717, 1.165) is 0 Å². The Kier molecular flexibility index (Phi) is 6.82. The molecule has 1 aliphatic carbocycles. The fourth-order valence-corrected chi connectivity index (χ4v) is 6.67. The molecule has 1 heterocycles. The van der Waals surface area contributed by atoms with Crippen molar-refractivity contribution in [2.75, 3.05) is 16.8 Å². The Morgan fingerprint density at radius 3 is 2.12 bits per heavy atom. The van der Waals surface area contributed by atoms with Crippen molar-refractivity contribution in [1.82, 2.24) is 5.32 Å². The molecule has 0 spiro atoms. The zero-order valence-electron chi connectivity index (χ0n) is 16.3. The van der Waals surface area contributed by atoms with Gasteiger partial charge in [0, 0.05) is 11.6 Å². The summed E-state index contributed by atoms with van der Waals surface area (Å²) in [7, 11) is -3.10. The van der Waals surface area contributed by atoms with Gasteiger partial charge in [-0.25, -0.2) is 8.42 Å². The van der Waals surface area contributed by atoms with Crippen molar-refractivity contribution in [3.05, 3.63) is 61.5 Å². The number of alkyl halides is 2. The highest BCUT2D eigenvalue weighted by Crippen LogP contribution is 2.65. The molecule has 2 aromatic carbocycles. The van der Waals surface area contributed by atoms with Crippen molar-refractivity contribution in [2.45, 2.75) is 16.3 Å². The number of rotatable bonds is 5. The quantitative estimate of drug-likeness (QED) is 0.363. The second kappa shape index (κ2) is 8.94. The van der Waals surface area contributed by atoms with E-state index >= 15 is 0 Å². The molecule has 0 radical (unpaired) electrons. The van der Waals surface area contributed by atoms with Crippen LogP contribution in [0, 0.1) is 5.92 Å². The normalized spacial score (nSPS) is 22.8. The van der Waals surface area contributed by atoms with E-state index in [1.54, 1.807) is 12.1 Å². The van der Waals surface area contributed by atoms with Crippen molar-refractivity contribution >= 4 is 96.9 Å². The monoisotopic (exact) mass is 588 g/mol. The summed E-state index contributed by atoms with van der Waals surface area (Å²) in [5, 5.41) is 6.04. The third-order valence-electron chi connectivity index (χ3n) is 5.43. The minimum Gasteiger partial charge on any atom is -0.347 e. The number of carbonyl (C=O) groups excluding carboxylic acids is 2. The zero-order valence-corrected chi connectivity index (χ0v) is 21.7. The highest BCUT2D eigenvalue weighted by molar-refractivity contribution is 7.92. The molecular formula is C20H14Cl6N2O4S. The van der Waals surface area contributed by atoms with Crippen LogP contribution < -0.4 is 10.6 Å². The lowest BCUT2D eigenvalue weighted by Crippen LogP contribution is -2.52. The van der Waals surface area contributed by atoms with Crippen molar-refractivity contribution in [3.63, 3.8) is 0 Å². The number of halogens is 6. The number of sulfone groups is 1. The van der Waals surface area contributed by atoms with Gasteiger partial charge >= 0.3 is 0 Å². The molecule has 2 aromatic rings. The van der Waals surface area contributed by atoms with Gasteiger partial charge in [-0.3, -0.25) is 9.59 Å². The van der Waals surface area contributed by atoms with Crippen LogP contribution in [0.4, 0.5) is 5.69 Å². The fraction of sp³-hybridized carbons (Fsp3) is 0.300. The highest BCUT2D eigenvalue weighted by atomic mass is 35.5. The highest BCUT2D eigenvalue weighted by Gasteiger charge is 2.67. The van der Waals surface area contributed by atoms with Crippen LogP contribution in [-0.2, 0) is 14.6 Å². The lowest BCUT2D eigenvalue weighted by molar-refractivity contribution is -0.117. The SMILES string of the molecule is O=C(NC1CS(=O)(=O)C1)c1cc(NC(=O)[C@@H]2[C@@H](c3cc(Cl)c(Cl)c(Cl)c3)C2(Cl)Cl)ccc1Cl. The van der Waals surface area contributed by atoms with Gasteiger partial charge in [0.25, 0.3) is 5.91 Å². The third-order valence-corrected chi connectivity index (χ3v) is 9.71. The Morgan fingerprint density at radius 2 is 1.55 bits per heavy atom. The van der Waals surface area contributed by atoms with Gasteiger partial charge in [-0.05, 0) is 35.9 Å². The molecule has 2 atom stereocenters. The molecule has 1 saturated heterocycles. The number of benzene rings is 2. The Hall–Kier alpha value is -0.930. The molecule has 33 heavy (non-hydrogen) atoms. The summed E-state index contributed by atoms with van der Waals surface area (Å²) in [5.41, 5.74) is 0.939. The first-order valence-electron chi connectivity index (χ1n) is 9.44. The summed E-state index contributed by atoms with van der Waals surface area (Å²) in [5.74, 6) is -2.67. The Morgan fingerprint density at radius 1 is 0.939 bits per heavy atom. The predicted octanol–water partition coefficient (Wildman–Crippen LogP) is 5.35. The largest absolute Gasteiger partial charge is 0.347 e. The van der Waals surface area contributed by atoms with Gasteiger partial charge in [0.2, 0.25) is 5.91 Å². The van der Waals surface area contributed by atoms with E-state index in [-0.39, 0.29) is 42.8 Å². The molecule has 1 saturated carbocycles. The van der Waals surface area contributed by atoms with Gasteiger partial charge in [0.05, 0.1) is 49.1 Å². The molecular weight excluding hydrogens is 577 g/mol. The molecule has 2 aliphatic rings. The summed E-state index contributed by atoms with van der Waals surface area (Å²) in [6.07, 6.45) is 0. The first-order chi connectivity index (χ1) is 15.3. The molecule has 0 unspecified atom stereocenters. The van der Waals surface area contributed by atoms with Crippen LogP contribution in [-0.4, -0.2) is 42.1 Å². The van der Waals surface area contributed by atoms with E-state index < -0.39 is 43.9 Å². The molecule has 1 aliphatic heterocycles.